The normalized spacial score (nSPS) is 15.9. The van der Waals surface area contributed by atoms with Crippen LogP contribution in [-0.4, -0.2) is 82.7 Å². The van der Waals surface area contributed by atoms with Gasteiger partial charge in [-0.05, 0) is 52.0 Å². The summed E-state index contributed by atoms with van der Waals surface area (Å²) >= 11 is 0. The second-order valence-corrected chi connectivity index (χ2v) is 16.9. The molecule has 57 heavy (non-hydrogen) atoms. The second kappa shape index (κ2) is 28.0. The van der Waals surface area contributed by atoms with Crippen molar-refractivity contribution < 1.29 is 43.6 Å². The maximum atomic E-state index is 14.0. The molecule has 1 aromatic rings. The minimum absolute atomic E-state index is 0.150. The van der Waals surface area contributed by atoms with Crippen molar-refractivity contribution in [2.24, 2.45) is 17.8 Å². The number of nitrogens with one attached hydrogen (secondary N) is 3. The zero-order chi connectivity index (χ0) is 43.0. The van der Waals surface area contributed by atoms with Crippen molar-refractivity contribution in [1.82, 2.24) is 16.0 Å². The van der Waals surface area contributed by atoms with Gasteiger partial charge in [0.25, 0.3) is 0 Å². The van der Waals surface area contributed by atoms with E-state index in [-0.39, 0.29) is 19.1 Å². The van der Waals surface area contributed by atoms with Crippen LogP contribution in [0.3, 0.4) is 0 Å². The summed E-state index contributed by atoms with van der Waals surface area (Å²) in [6.07, 6.45) is 11.3. The van der Waals surface area contributed by atoms with Gasteiger partial charge in [-0.2, -0.15) is 0 Å². The van der Waals surface area contributed by atoms with E-state index < -0.39 is 77.8 Å². The molecule has 0 saturated heterocycles. The number of esters is 1. The molecule has 12 heteroatoms. The number of aliphatic hydroxyl groups is 2. The number of amides is 3. The van der Waals surface area contributed by atoms with E-state index in [1.54, 1.807) is 40.7 Å². The molecule has 0 aliphatic carbocycles. The molecule has 0 spiro atoms. The first kappa shape index (κ1) is 51.5. The SMILES string of the molecule is C=C[C@H](C)[C@H](O)[C@@H](C)[C@@H](CCCCCCCCCCCCC)OC(=O)[C@H](COCc1ccccc1)NC(=O)[C@@H](NC(=O)[C@@H](NC(=O)OC(C)(C)C)C(C)C)[C@@H](C)O. The monoisotopic (exact) mass is 804 g/mol. The quantitative estimate of drug-likeness (QED) is 0.0312. The lowest BCUT2D eigenvalue weighted by Crippen LogP contribution is -2.60. The van der Waals surface area contributed by atoms with Gasteiger partial charge in [-0.1, -0.05) is 135 Å². The number of aliphatic hydroxyl groups excluding tert-OH is 2. The summed E-state index contributed by atoms with van der Waals surface area (Å²) in [4.78, 5) is 53.8. The molecule has 3 amide bonds. The Labute approximate surface area is 343 Å². The average molecular weight is 804 g/mol. The maximum Gasteiger partial charge on any atom is 0.408 e. The minimum atomic E-state index is -1.50. The Kier molecular flexibility index (Phi) is 25.3. The maximum absolute atomic E-state index is 14.0. The van der Waals surface area contributed by atoms with Crippen molar-refractivity contribution in [2.45, 2.75) is 188 Å². The summed E-state index contributed by atoms with van der Waals surface area (Å²) in [6.45, 7) is 19.5. The molecule has 0 fully saturated rings. The van der Waals surface area contributed by atoms with Crippen LogP contribution in [0.2, 0.25) is 0 Å². The average Bonchev–Trinajstić information content (AvgIpc) is 3.15. The molecule has 0 aliphatic rings. The Balaban J connectivity index is 3.17. The molecule has 326 valence electrons. The van der Waals surface area contributed by atoms with Crippen LogP contribution in [0, 0.1) is 17.8 Å². The molecular weight excluding hydrogens is 727 g/mol. The fourth-order valence-electron chi connectivity index (χ4n) is 6.43. The third kappa shape index (κ3) is 21.7. The van der Waals surface area contributed by atoms with Crippen LogP contribution in [0.1, 0.15) is 145 Å². The summed E-state index contributed by atoms with van der Waals surface area (Å²) in [5.41, 5.74) is 0.0500. The highest BCUT2D eigenvalue weighted by Gasteiger charge is 2.36. The summed E-state index contributed by atoms with van der Waals surface area (Å²) in [6, 6.07) is 5.43. The van der Waals surface area contributed by atoms with Gasteiger partial charge < -0.3 is 40.4 Å². The first-order chi connectivity index (χ1) is 26.9. The number of rotatable bonds is 29. The Bertz CT molecular complexity index is 1300. The van der Waals surface area contributed by atoms with Crippen molar-refractivity contribution in [3.8, 4) is 0 Å². The molecule has 1 rings (SSSR count). The van der Waals surface area contributed by atoms with Gasteiger partial charge in [0, 0.05) is 11.8 Å². The Hall–Kier alpha value is -3.48. The molecule has 1 aromatic carbocycles. The van der Waals surface area contributed by atoms with Crippen LogP contribution in [0.4, 0.5) is 4.79 Å². The topological polar surface area (TPSA) is 173 Å². The summed E-state index contributed by atoms with van der Waals surface area (Å²) in [5, 5.41) is 29.6. The number of unbranched alkanes of at least 4 members (excludes halogenated alkanes) is 10. The Morgan fingerprint density at radius 3 is 1.82 bits per heavy atom. The van der Waals surface area contributed by atoms with Gasteiger partial charge in [0.2, 0.25) is 11.8 Å². The highest BCUT2D eigenvalue weighted by atomic mass is 16.6. The van der Waals surface area contributed by atoms with E-state index in [1.807, 2.05) is 44.2 Å². The Morgan fingerprint density at radius 2 is 1.32 bits per heavy atom. The predicted octanol–water partition coefficient (Wildman–Crippen LogP) is 7.53. The lowest BCUT2D eigenvalue weighted by Gasteiger charge is -2.32. The first-order valence-corrected chi connectivity index (χ1v) is 21.3. The van der Waals surface area contributed by atoms with E-state index in [4.69, 9.17) is 14.2 Å². The predicted molar refractivity (Wildman–Crippen MR) is 225 cm³/mol. The van der Waals surface area contributed by atoms with Crippen molar-refractivity contribution in [3.63, 3.8) is 0 Å². The van der Waals surface area contributed by atoms with E-state index in [0.717, 1.165) is 31.2 Å². The first-order valence-electron chi connectivity index (χ1n) is 21.3. The fourth-order valence-corrected chi connectivity index (χ4v) is 6.43. The van der Waals surface area contributed by atoms with E-state index in [9.17, 15) is 29.4 Å². The number of hydrogen-bond donors (Lipinski definition) is 5. The minimum Gasteiger partial charge on any atom is -0.460 e. The van der Waals surface area contributed by atoms with Crippen LogP contribution in [0.15, 0.2) is 43.0 Å². The van der Waals surface area contributed by atoms with Gasteiger partial charge in [-0.25, -0.2) is 9.59 Å². The summed E-state index contributed by atoms with van der Waals surface area (Å²) in [5.74, 6) is -3.43. The van der Waals surface area contributed by atoms with Gasteiger partial charge in [-0.3, -0.25) is 9.59 Å². The molecule has 5 N–H and O–H groups in total. The molecule has 0 heterocycles. The molecular formula is C45H77N3O9. The van der Waals surface area contributed by atoms with Crippen LogP contribution >= 0.6 is 0 Å². The number of carbonyl (C=O) groups is 4. The van der Waals surface area contributed by atoms with Gasteiger partial charge in [0.15, 0.2) is 6.04 Å². The number of carbonyl (C=O) groups excluding carboxylic acids is 4. The number of hydrogen-bond acceptors (Lipinski definition) is 9. The van der Waals surface area contributed by atoms with E-state index in [2.05, 4.69) is 29.5 Å². The molecule has 0 aromatic heterocycles. The van der Waals surface area contributed by atoms with Crippen LogP contribution in [0.5, 0.6) is 0 Å². The lowest BCUT2D eigenvalue weighted by atomic mass is 9.87. The number of alkyl carbamates (subject to hydrolysis) is 1. The van der Waals surface area contributed by atoms with E-state index in [0.29, 0.717) is 6.42 Å². The van der Waals surface area contributed by atoms with Gasteiger partial charge in [0.05, 0.1) is 25.4 Å². The summed E-state index contributed by atoms with van der Waals surface area (Å²) < 4.78 is 17.3. The van der Waals surface area contributed by atoms with Crippen LogP contribution < -0.4 is 16.0 Å². The highest BCUT2D eigenvalue weighted by Crippen LogP contribution is 2.25. The van der Waals surface area contributed by atoms with Crippen LogP contribution in [0.25, 0.3) is 0 Å². The van der Waals surface area contributed by atoms with Crippen molar-refractivity contribution in [2.75, 3.05) is 6.61 Å². The molecule has 12 nitrogen and oxygen atoms in total. The molecule has 8 atom stereocenters. The van der Waals surface area contributed by atoms with Gasteiger partial charge >= 0.3 is 12.1 Å². The smallest absolute Gasteiger partial charge is 0.408 e. The zero-order valence-corrected chi connectivity index (χ0v) is 36.5. The third-order valence-corrected chi connectivity index (χ3v) is 10.1. The molecule has 0 aliphatic heterocycles. The van der Waals surface area contributed by atoms with Crippen molar-refractivity contribution in [3.05, 3.63) is 48.6 Å². The molecule has 0 bridgehead atoms. The third-order valence-electron chi connectivity index (χ3n) is 10.1. The molecule has 0 radical (unpaired) electrons. The zero-order valence-electron chi connectivity index (χ0n) is 36.5. The van der Waals surface area contributed by atoms with Gasteiger partial charge in [0.1, 0.15) is 23.8 Å². The van der Waals surface area contributed by atoms with E-state index >= 15 is 0 Å². The fraction of sp³-hybridized carbons (Fsp3) is 0.733. The van der Waals surface area contributed by atoms with Crippen LogP contribution in [-0.2, 0) is 35.2 Å². The largest absolute Gasteiger partial charge is 0.460 e. The number of benzene rings is 1. The summed E-state index contributed by atoms with van der Waals surface area (Å²) in [7, 11) is 0. The molecule has 0 unspecified atom stereocenters. The second-order valence-electron chi connectivity index (χ2n) is 16.9. The molecule has 0 saturated carbocycles. The highest BCUT2D eigenvalue weighted by molar-refractivity contribution is 5.93. The van der Waals surface area contributed by atoms with Crippen molar-refractivity contribution in [1.29, 1.82) is 0 Å². The number of ether oxygens (including phenoxy) is 3. The standard InChI is InChI=1S/C45H77N3O9/c1-11-13-14-15-16-17-18-19-20-21-25-28-37(33(6)40(50)32(5)12-2)56-43(53)36(30-55-29-35-26-23-22-24-27-35)46-42(52)39(34(7)49)47-41(51)38(31(3)4)48-44(54)57-45(8,9)10/h12,22-24,26-27,31-34,36-40,49-50H,2,11,13-21,25,28-30H2,1,3-10H3,(H,46,52)(H,47,51)(H,48,54)/t32-,33-,34+,36-,37+,38-,39-,40-/m0/s1. The van der Waals surface area contributed by atoms with Gasteiger partial charge in [-0.15, -0.1) is 6.58 Å². The van der Waals surface area contributed by atoms with E-state index in [1.165, 1.54) is 51.9 Å². The Morgan fingerprint density at radius 1 is 0.772 bits per heavy atom. The lowest BCUT2D eigenvalue weighted by molar-refractivity contribution is -0.161. The van der Waals surface area contributed by atoms with Crippen molar-refractivity contribution >= 4 is 23.9 Å².